The molecule has 0 aromatic heterocycles. The van der Waals surface area contributed by atoms with E-state index >= 15 is 0 Å². The number of hydrogen-bond donors (Lipinski definition) is 2. The number of piperidine rings is 1. The Kier molecular flexibility index (Phi) is 7.07. The van der Waals surface area contributed by atoms with Gasteiger partial charge in [0.2, 0.25) is 11.8 Å². The van der Waals surface area contributed by atoms with Crippen LogP contribution < -0.4 is 15.4 Å². The van der Waals surface area contributed by atoms with Crippen LogP contribution in [-0.2, 0) is 24.5 Å². The fourth-order valence-corrected chi connectivity index (χ4v) is 6.00. The van der Waals surface area contributed by atoms with Crippen molar-refractivity contribution in [2.45, 2.75) is 37.6 Å². The molecule has 0 aliphatic carbocycles. The average molecular weight is 553 g/mol. The first-order valence-corrected chi connectivity index (χ1v) is 13.0. The number of benzene rings is 3. The Morgan fingerprint density at radius 3 is 2.58 bits per heavy atom. The number of nitrogens with one attached hydrogen (secondary N) is 2. The monoisotopic (exact) mass is 552 g/mol. The number of esters is 1. The Labute approximate surface area is 230 Å². The van der Waals surface area contributed by atoms with E-state index in [2.05, 4.69) is 10.6 Å². The van der Waals surface area contributed by atoms with Crippen molar-refractivity contribution in [3.63, 3.8) is 0 Å². The van der Waals surface area contributed by atoms with Gasteiger partial charge in [-0.3, -0.25) is 14.4 Å². The lowest BCUT2D eigenvalue weighted by molar-refractivity contribution is -0.141. The molecule has 2 heterocycles. The molecule has 2 aliphatic heterocycles. The second-order valence-electron chi connectivity index (χ2n) is 9.56. The standard InChI is InChI=1S/C29H26Cl2N2O5/c1-16-6-9-25(38-11-10-37-17(2)34)21(12-16)27-29(22-8-7-20(31)14-24(22)32-28(29)36)23(15-26(35)33-27)18-4-3-5-19(30)13-18/h3-9,12-14,23,27H,10-11,15H2,1-2H3,(H,32,36)(H,33,35). The maximum absolute atomic E-state index is 14.2. The molecule has 3 unspecified atom stereocenters. The van der Waals surface area contributed by atoms with E-state index in [9.17, 15) is 14.4 Å². The number of aryl methyl sites for hydroxylation is 1. The van der Waals surface area contributed by atoms with E-state index in [0.29, 0.717) is 27.0 Å². The molecule has 7 nitrogen and oxygen atoms in total. The van der Waals surface area contributed by atoms with Crippen molar-refractivity contribution in [2.75, 3.05) is 18.5 Å². The normalized spacial score (nSPS) is 22.0. The van der Waals surface area contributed by atoms with Gasteiger partial charge < -0.3 is 20.1 Å². The molecule has 3 aromatic rings. The van der Waals surface area contributed by atoms with E-state index in [1.807, 2.05) is 37.3 Å². The summed E-state index contributed by atoms with van der Waals surface area (Å²) in [6, 6.07) is 17.4. The molecular formula is C29H26Cl2N2O5. The summed E-state index contributed by atoms with van der Waals surface area (Å²) < 4.78 is 11.1. The summed E-state index contributed by atoms with van der Waals surface area (Å²) in [6.45, 7) is 3.44. The highest BCUT2D eigenvalue weighted by Crippen LogP contribution is 2.58. The molecule has 3 aromatic carbocycles. The Balaban J connectivity index is 1.71. The van der Waals surface area contributed by atoms with Crippen LogP contribution in [0.2, 0.25) is 10.0 Å². The Bertz CT molecular complexity index is 1440. The molecule has 196 valence electrons. The van der Waals surface area contributed by atoms with E-state index in [-0.39, 0.29) is 31.4 Å². The van der Waals surface area contributed by atoms with Gasteiger partial charge in [-0.25, -0.2) is 0 Å². The number of amides is 2. The van der Waals surface area contributed by atoms with Crippen LogP contribution >= 0.6 is 23.2 Å². The number of anilines is 1. The van der Waals surface area contributed by atoms with Gasteiger partial charge in [-0.05, 0) is 48.4 Å². The van der Waals surface area contributed by atoms with Gasteiger partial charge in [0.25, 0.3) is 0 Å². The lowest BCUT2D eigenvalue weighted by atomic mass is 9.59. The topological polar surface area (TPSA) is 93.7 Å². The molecule has 2 N–H and O–H groups in total. The molecule has 3 atom stereocenters. The lowest BCUT2D eigenvalue weighted by Gasteiger charge is -2.46. The van der Waals surface area contributed by atoms with Crippen molar-refractivity contribution in [3.05, 3.63) is 93.0 Å². The predicted octanol–water partition coefficient (Wildman–Crippen LogP) is 5.48. The van der Waals surface area contributed by atoms with Gasteiger partial charge in [0.1, 0.15) is 24.4 Å². The molecule has 1 saturated heterocycles. The van der Waals surface area contributed by atoms with Crippen LogP contribution in [0.4, 0.5) is 5.69 Å². The van der Waals surface area contributed by atoms with E-state index < -0.39 is 23.3 Å². The summed E-state index contributed by atoms with van der Waals surface area (Å²) in [4.78, 5) is 38.6. The quantitative estimate of drug-likeness (QED) is 0.312. The lowest BCUT2D eigenvalue weighted by Crippen LogP contribution is -2.56. The summed E-state index contributed by atoms with van der Waals surface area (Å²) in [6.07, 6.45) is 0.0841. The number of rotatable bonds is 6. The van der Waals surface area contributed by atoms with E-state index in [1.165, 1.54) is 6.92 Å². The van der Waals surface area contributed by atoms with Crippen LogP contribution in [0.1, 0.15) is 47.6 Å². The zero-order valence-corrected chi connectivity index (χ0v) is 22.4. The van der Waals surface area contributed by atoms with E-state index in [1.54, 1.807) is 30.3 Å². The maximum Gasteiger partial charge on any atom is 0.302 e. The molecule has 2 aliphatic rings. The molecule has 1 spiro atoms. The van der Waals surface area contributed by atoms with Crippen LogP contribution in [0.25, 0.3) is 0 Å². The van der Waals surface area contributed by atoms with Crippen LogP contribution in [0, 0.1) is 6.92 Å². The van der Waals surface area contributed by atoms with Crippen LogP contribution in [0.3, 0.4) is 0 Å². The number of hydrogen-bond acceptors (Lipinski definition) is 5. The number of halogens is 2. The zero-order valence-electron chi connectivity index (χ0n) is 20.8. The third-order valence-electron chi connectivity index (χ3n) is 7.12. The molecular weight excluding hydrogens is 527 g/mol. The van der Waals surface area contributed by atoms with Gasteiger partial charge in [-0.2, -0.15) is 0 Å². The molecule has 0 radical (unpaired) electrons. The van der Waals surface area contributed by atoms with Gasteiger partial charge in [-0.15, -0.1) is 0 Å². The number of ether oxygens (including phenoxy) is 2. The third-order valence-corrected chi connectivity index (χ3v) is 7.59. The number of fused-ring (bicyclic) bond motifs is 2. The molecule has 0 saturated carbocycles. The smallest absolute Gasteiger partial charge is 0.302 e. The Hall–Kier alpha value is -3.55. The van der Waals surface area contributed by atoms with Gasteiger partial charge in [0.05, 0.1) is 6.04 Å². The molecule has 0 bridgehead atoms. The minimum Gasteiger partial charge on any atom is -0.490 e. The first-order chi connectivity index (χ1) is 18.2. The van der Waals surface area contributed by atoms with Crippen molar-refractivity contribution >= 4 is 46.7 Å². The van der Waals surface area contributed by atoms with Crippen molar-refractivity contribution in [3.8, 4) is 5.75 Å². The second-order valence-corrected chi connectivity index (χ2v) is 10.4. The summed E-state index contributed by atoms with van der Waals surface area (Å²) >= 11 is 12.7. The van der Waals surface area contributed by atoms with Crippen molar-refractivity contribution in [1.29, 1.82) is 0 Å². The average Bonchev–Trinajstić information content (AvgIpc) is 3.14. The highest BCUT2D eigenvalue weighted by atomic mass is 35.5. The summed E-state index contributed by atoms with van der Waals surface area (Å²) in [5.74, 6) is -0.907. The van der Waals surface area contributed by atoms with Crippen LogP contribution in [0.15, 0.2) is 60.7 Å². The summed E-state index contributed by atoms with van der Waals surface area (Å²) in [5, 5.41) is 7.13. The van der Waals surface area contributed by atoms with Gasteiger partial charge >= 0.3 is 5.97 Å². The van der Waals surface area contributed by atoms with Gasteiger partial charge in [0, 0.05) is 40.6 Å². The molecule has 38 heavy (non-hydrogen) atoms. The molecule has 1 fully saturated rings. The van der Waals surface area contributed by atoms with Gasteiger partial charge in [-0.1, -0.05) is 59.1 Å². The number of carbonyl (C=O) groups is 3. The fourth-order valence-electron chi connectivity index (χ4n) is 5.63. The van der Waals surface area contributed by atoms with E-state index in [0.717, 1.165) is 16.7 Å². The van der Waals surface area contributed by atoms with Crippen molar-refractivity contribution < 1.29 is 23.9 Å². The largest absolute Gasteiger partial charge is 0.490 e. The summed E-state index contributed by atoms with van der Waals surface area (Å²) in [7, 11) is 0. The minimum absolute atomic E-state index is 0.0672. The van der Waals surface area contributed by atoms with Crippen molar-refractivity contribution in [2.24, 2.45) is 0 Å². The zero-order chi connectivity index (χ0) is 27.0. The van der Waals surface area contributed by atoms with E-state index in [4.69, 9.17) is 32.7 Å². The Morgan fingerprint density at radius 1 is 1.03 bits per heavy atom. The number of carbonyl (C=O) groups excluding carboxylic acids is 3. The van der Waals surface area contributed by atoms with Crippen LogP contribution in [0.5, 0.6) is 5.75 Å². The molecule has 2 amide bonds. The first kappa shape index (κ1) is 26.1. The SMILES string of the molecule is CC(=O)OCCOc1ccc(C)cc1C1NC(=O)CC(c2cccc(Cl)c2)C12C(=O)Nc1cc(Cl)ccc12. The fraction of sp³-hybridized carbons (Fsp3) is 0.276. The molecule has 5 rings (SSSR count). The maximum atomic E-state index is 14.2. The van der Waals surface area contributed by atoms with Gasteiger partial charge in [0.15, 0.2) is 0 Å². The Morgan fingerprint density at radius 2 is 1.82 bits per heavy atom. The van der Waals surface area contributed by atoms with Crippen LogP contribution in [-0.4, -0.2) is 31.0 Å². The highest BCUT2D eigenvalue weighted by molar-refractivity contribution is 6.31. The second kappa shape index (κ2) is 10.3. The minimum atomic E-state index is -1.22. The predicted molar refractivity (Wildman–Crippen MR) is 145 cm³/mol. The molecule has 9 heteroatoms. The third kappa shape index (κ3) is 4.61. The first-order valence-electron chi connectivity index (χ1n) is 12.2. The summed E-state index contributed by atoms with van der Waals surface area (Å²) in [5.41, 5.74) is 2.46. The highest BCUT2D eigenvalue weighted by Gasteiger charge is 2.61. The van der Waals surface area contributed by atoms with Crippen molar-refractivity contribution in [1.82, 2.24) is 5.32 Å².